The molecule has 0 saturated carbocycles. The van der Waals surface area contributed by atoms with Crippen molar-refractivity contribution in [2.45, 2.75) is 159 Å². The van der Waals surface area contributed by atoms with E-state index in [0.29, 0.717) is 36.0 Å². The van der Waals surface area contributed by atoms with E-state index in [-0.39, 0.29) is 17.0 Å². The number of nitrogens with one attached hydrogen (secondary N) is 4. The minimum absolute atomic E-state index is 0.0561. The molecular formula is C62H93N7O3. The van der Waals surface area contributed by atoms with Crippen molar-refractivity contribution in [2.24, 2.45) is 17.8 Å². The summed E-state index contributed by atoms with van der Waals surface area (Å²) in [4.78, 5) is 19.9. The van der Waals surface area contributed by atoms with Gasteiger partial charge in [-0.05, 0) is 168 Å². The standard InChI is InChI=1S/C28H52N2O.C25H29N5O.C9H12O/c1-13-17-28(18-16-20(2)3,24(10)19-29-23(8)9)30-26(25(11)21(4)5)14-15-27(31-12)22(6)7;1-3-26-24(31)21-10-11-22-25(28-20-9-6-14-27-23(20)30(21)22)12-15-29(16-13-25)17-19-8-5-4-7-18(19)2;1-3-8-5-4-6-9(7-8)10-2/h14-15,19-23,29-30H,11,13,16-18H2,1-10,12H3;4-11,14,28H,3,12-13,15-17H2,1-2H3,(H,26,31);4-7H,3H2,1-2H3/b24-19+,26-14+,27-15+;;. The maximum atomic E-state index is 12.8. The second-order valence-corrected chi connectivity index (χ2v) is 21.0. The molecule has 0 radical (unpaired) electrons. The number of piperidine rings is 1. The van der Waals surface area contributed by atoms with Crippen molar-refractivity contribution in [3.63, 3.8) is 0 Å². The number of fused-ring (bicyclic) bond motifs is 4. The van der Waals surface area contributed by atoms with Crippen LogP contribution in [0.15, 0.2) is 127 Å². The number of ether oxygens (including phenoxy) is 2. The van der Waals surface area contributed by atoms with Gasteiger partial charge in [0.2, 0.25) is 0 Å². The third-order valence-electron chi connectivity index (χ3n) is 14.1. The van der Waals surface area contributed by atoms with E-state index in [1.807, 2.05) is 31.2 Å². The second kappa shape index (κ2) is 28.5. The lowest BCUT2D eigenvalue weighted by Gasteiger charge is -2.46. The number of methoxy groups -OCH3 is 2. The Morgan fingerprint density at radius 3 is 2.22 bits per heavy atom. The number of aryl methyl sites for hydroxylation is 2. The van der Waals surface area contributed by atoms with E-state index in [9.17, 15) is 4.79 Å². The van der Waals surface area contributed by atoms with Crippen molar-refractivity contribution >= 4 is 11.6 Å². The van der Waals surface area contributed by atoms with Gasteiger partial charge in [-0.1, -0.05) is 105 Å². The average Bonchev–Trinajstić information content (AvgIpc) is 3.83. The normalized spacial score (nSPS) is 15.3. The van der Waals surface area contributed by atoms with E-state index in [1.165, 1.54) is 28.7 Å². The summed E-state index contributed by atoms with van der Waals surface area (Å²) >= 11 is 0. The number of rotatable bonds is 21. The molecule has 1 unspecified atom stereocenters. The molecule has 0 aliphatic carbocycles. The van der Waals surface area contributed by atoms with Crippen molar-refractivity contribution < 1.29 is 14.3 Å². The lowest BCUT2D eigenvalue weighted by atomic mass is 9.79. The minimum atomic E-state index is -0.191. The second-order valence-electron chi connectivity index (χ2n) is 21.0. The lowest BCUT2D eigenvalue weighted by molar-refractivity contribution is 0.0947. The number of carbonyl (C=O) groups is 1. The van der Waals surface area contributed by atoms with Gasteiger partial charge in [-0.3, -0.25) is 14.3 Å². The summed E-state index contributed by atoms with van der Waals surface area (Å²) in [5, 5.41) is 14.3. The Hall–Kier alpha value is -5.74. The molecule has 1 spiro atoms. The summed E-state index contributed by atoms with van der Waals surface area (Å²) in [5.74, 6) is 4.03. The Bertz CT molecular complexity index is 2400. The van der Waals surface area contributed by atoms with Crippen LogP contribution in [-0.2, 0) is 23.2 Å². The molecule has 10 heteroatoms. The quantitative estimate of drug-likeness (QED) is 0.0483. The molecule has 2 aromatic heterocycles. The zero-order valence-corrected chi connectivity index (χ0v) is 47.1. The monoisotopic (exact) mass is 984 g/mol. The Morgan fingerprint density at radius 1 is 0.903 bits per heavy atom. The van der Waals surface area contributed by atoms with Crippen molar-refractivity contribution in [3.8, 4) is 11.6 Å². The van der Waals surface area contributed by atoms with E-state index >= 15 is 0 Å². The number of allylic oxidation sites excluding steroid dienone is 4. The number of hydrogen-bond donors (Lipinski definition) is 4. The zero-order chi connectivity index (χ0) is 53.0. The summed E-state index contributed by atoms with van der Waals surface area (Å²) in [6, 6.07) is 25.2. The molecule has 4 aromatic rings. The molecule has 394 valence electrons. The first kappa shape index (κ1) is 58.8. The van der Waals surface area contributed by atoms with Crippen LogP contribution in [0.4, 0.5) is 5.69 Å². The van der Waals surface area contributed by atoms with Gasteiger partial charge < -0.3 is 30.7 Å². The van der Waals surface area contributed by atoms with Crippen molar-refractivity contribution in [3.05, 3.63) is 155 Å². The van der Waals surface area contributed by atoms with Crippen LogP contribution in [0.5, 0.6) is 5.75 Å². The molecule has 1 atom stereocenters. The van der Waals surface area contributed by atoms with Gasteiger partial charge in [0.25, 0.3) is 5.91 Å². The molecule has 2 aliphatic rings. The molecule has 10 nitrogen and oxygen atoms in total. The summed E-state index contributed by atoms with van der Waals surface area (Å²) < 4.78 is 12.7. The van der Waals surface area contributed by atoms with E-state index in [0.717, 1.165) is 98.1 Å². The highest BCUT2D eigenvalue weighted by atomic mass is 16.5. The summed E-state index contributed by atoms with van der Waals surface area (Å²) in [6.07, 6.45) is 15.8. The first-order valence-electron chi connectivity index (χ1n) is 26.9. The molecular weight excluding hydrogens is 891 g/mol. The first-order valence-corrected chi connectivity index (χ1v) is 26.9. The van der Waals surface area contributed by atoms with Gasteiger partial charge in [0.05, 0.1) is 42.4 Å². The summed E-state index contributed by atoms with van der Waals surface area (Å²) in [7, 11) is 3.44. The first-order chi connectivity index (χ1) is 34.4. The Balaban J connectivity index is 0.000000262. The Labute approximate surface area is 436 Å². The number of amides is 1. The van der Waals surface area contributed by atoms with Crippen LogP contribution in [0.25, 0.3) is 5.82 Å². The molecule has 0 bridgehead atoms. The number of likely N-dealkylation sites (tertiary alicyclic amines) is 1. The highest BCUT2D eigenvalue weighted by Gasteiger charge is 2.43. The van der Waals surface area contributed by atoms with Crippen molar-refractivity contribution in [1.29, 1.82) is 0 Å². The molecule has 72 heavy (non-hydrogen) atoms. The lowest BCUT2D eigenvalue weighted by Crippen LogP contribution is -2.50. The highest BCUT2D eigenvalue weighted by Crippen LogP contribution is 2.44. The van der Waals surface area contributed by atoms with E-state index < -0.39 is 0 Å². The largest absolute Gasteiger partial charge is 0.501 e. The van der Waals surface area contributed by atoms with E-state index in [4.69, 9.17) is 9.47 Å². The third-order valence-corrected chi connectivity index (χ3v) is 14.1. The summed E-state index contributed by atoms with van der Waals surface area (Å²) in [6.45, 7) is 36.5. The Kier molecular flexibility index (Phi) is 23.3. The Morgan fingerprint density at radius 2 is 1.62 bits per heavy atom. The molecule has 4 heterocycles. The number of aromatic nitrogens is 2. The smallest absolute Gasteiger partial charge is 0.268 e. The van der Waals surface area contributed by atoms with E-state index in [2.05, 4.69) is 192 Å². The van der Waals surface area contributed by atoms with Crippen LogP contribution in [0.3, 0.4) is 0 Å². The van der Waals surface area contributed by atoms with Gasteiger partial charge in [-0.2, -0.15) is 0 Å². The fourth-order valence-electron chi connectivity index (χ4n) is 9.45. The van der Waals surface area contributed by atoms with Gasteiger partial charge in [-0.15, -0.1) is 0 Å². The number of carbonyl (C=O) groups excluding carboxylic acids is 1. The topological polar surface area (TPSA) is 105 Å². The molecule has 1 fully saturated rings. The third kappa shape index (κ3) is 16.1. The minimum Gasteiger partial charge on any atom is -0.501 e. The molecule has 1 amide bonds. The van der Waals surface area contributed by atoms with Crippen LogP contribution in [0.2, 0.25) is 0 Å². The number of anilines is 1. The predicted octanol–water partition coefficient (Wildman–Crippen LogP) is 13.8. The molecule has 1 saturated heterocycles. The SMILES string of the molecule is C=C(/C(=C\C=C(\OC)C(C)C)NC(CCC)(CCC(C)C)/C(C)=C/NC(C)C)C(C)C.CCNC(=O)c1ccc2n1-c1ncccc1NC21CCN(Cc2ccccc2C)CC1.CCc1cccc(OC)c1. The van der Waals surface area contributed by atoms with Gasteiger partial charge in [-0.25, -0.2) is 4.98 Å². The fraction of sp³-hybridized carbons (Fsp3) is 0.516. The fourth-order valence-corrected chi connectivity index (χ4v) is 9.45. The van der Waals surface area contributed by atoms with Crippen molar-refractivity contribution in [2.75, 3.05) is 39.2 Å². The average molecular weight is 984 g/mol. The number of hydrogen-bond acceptors (Lipinski definition) is 8. The number of benzene rings is 2. The maximum Gasteiger partial charge on any atom is 0.268 e. The highest BCUT2D eigenvalue weighted by molar-refractivity contribution is 5.94. The molecule has 6 rings (SSSR count). The summed E-state index contributed by atoms with van der Waals surface area (Å²) in [5.41, 5.74) is 10.1. The molecule has 4 N–H and O–H groups in total. The van der Waals surface area contributed by atoms with Gasteiger partial charge in [0, 0.05) is 50.0 Å². The number of pyridine rings is 1. The van der Waals surface area contributed by atoms with Gasteiger partial charge in [0.1, 0.15) is 11.4 Å². The van der Waals surface area contributed by atoms with Crippen LogP contribution in [0, 0.1) is 24.7 Å². The van der Waals surface area contributed by atoms with Gasteiger partial charge >= 0.3 is 0 Å². The van der Waals surface area contributed by atoms with Gasteiger partial charge in [0.15, 0.2) is 5.82 Å². The van der Waals surface area contributed by atoms with Crippen LogP contribution in [-0.4, -0.2) is 65.8 Å². The molecule has 2 aromatic carbocycles. The zero-order valence-electron chi connectivity index (χ0n) is 47.1. The van der Waals surface area contributed by atoms with Crippen LogP contribution in [0.1, 0.15) is 154 Å². The van der Waals surface area contributed by atoms with Crippen LogP contribution >= 0.6 is 0 Å². The maximum absolute atomic E-state index is 12.8. The van der Waals surface area contributed by atoms with Crippen LogP contribution < -0.4 is 26.0 Å². The van der Waals surface area contributed by atoms with E-state index in [1.54, 1.807) is 20.4 Å². The van der Waals surface area contributed by atoms with Crippen molar-refractivity contribution in [1.82, 2.24) is 30.4 Å². The molecule has 2 aliphatic heterocycles. The predicted molar refractivity (Wildman–Crippen MR) is 304 cm³/mol. The number of nitrogens with zero attached hydrogens (tertiary/aromatic N) is 3.